The first-order valence-electron chi connectivity index (χ1n) is 6.47. The van der Waals surface area contributed by atoms with Gasteiger partial charge in [-0.25, -0.2) is 4.98 Å². The summed E-state index contributed by atoms with van der Waals surface area (Å²) in [5.41, 5.74) is 7.84. The van der Waals surface area contributed by atoms with Crippen LogP contribution in [0.2, 0.25) is 0 Å². The van der Waals surface area contributed by atoms with Crippen LogP contribution in [0.15, 0.2) is 29.6 Å². The summed E-state index contributed by atoms with van der Waals surface area (Å²) < 4.78 is 0. The Morgan fingerprint density at radius 1 is 1.40 bits per heavy atom. The lowest BCUT2D eigenvalue weighted by Crippen LogP contribution is -2.48. The van der Waals surface area contributed by atoms with E-state index in [-0.39, 0.29) is 5.91 Å². The predicted octanol–water partition coefficient (Wildman–Crippen LogP) is 2.59. The molecule has 2 rings (SSSR count). The minimum absolute atomic E-state index is 0.184. The van der Waals surface area contributed by atoms with Crippen molar-refractivity contribution in [1.29, 1.82) is 0 Å². The third kappa shape index (κ3) is 3.23. The molecule has 3 N–H and O–H groups in total. The molecule has 0 fully saturated rings. The van der Waals surface area contributed by atoms with E-state index in [0.717, 1.165) is 16.1 Å². The second-order valence-corrected chi connectivity index (χ2v) is 6.25. The molecule has 1 amide bonds. The smallest absolute Gasteiger partial charge is 0.271 e. The van der Waals surface area contributed by atoms with Gasteiger partial charge in [-0.15, -0.1) is 11.3 Å². The Morgan fingerprint density at radius 2 is 2.10 bits per heavy atom. The van der Waals surface area contributed by atoms with Crippen LogP contribution in [-0.2, 0) is 0 Å². The number of benzene rings is 1. The van der Waals surface area contributed by atoms with Gasteiger partial charge in [-0.1, -0.05) is 24.3 Å². The number of nitrogens with one attached hydrogen (secondary N) is 1. The summed E-state index contributed by atoms with van der Waals surface area (Å²) in [6.45, 7) is 6.20. The Morgan fingerprint density at radius 3 is 2.75 bits per heavy atom. The fraction of sp³-hybridized carbons (Fsp3) is 0.333. The van der Waals surface area contributed by atoms with Gasteiger partial charge in [-0.3, -0.25) is 4.79 Å². The molecular weight excluding hydrogens is 270 g/mol. The summed E-state index contributed by atoms with van der Waals surface area (Å²) in [6, 6.07) is 8.01. The van der Waals surface area contributed by atoms with Crippen molar-refractivity contribution in [3.05, 3.63) is 40.9 Å². The van der Waals surface area contributed by atoms with Crippen LogP contribution >= 0.6 is 11.3 Å². The monoisotopic (exact) mass is 289 g/mol. The Balaban J connectivity index is 2.22. The van der Waals surface area contributed by atoms with Gasteiger partial charge in [-0.2, -0.15) is 0 Å². The van der Waals surface area contributed by atoms with Crippen LogP contribution in [0.3, 0.4) is 0 Å². The minimum atomic E-state index is -0.427. The van der Waals surface area contributed by atoms with Crippen molar-refractivity contribution in [2.45, 2.75) is 26.3 Å². The topological polar surface area (TPSA) is 68.0 Å². The first kappa shape index (κ1) is 14.7. The summed E-state index contributed by atoms with van der Waals surface area (Å²) in [7, 11) is 0. The number of aryl methyl sites for hydroxylation is 1. The number of carbonyl (C=O) groups is 1. The SMILES string of the molecule is Cc1ccccc1-c1nc(C(=O)NC(C)(C)CN)cs1. The van der Waals surface area contributed by atoms with Gasteiger partial charge in [0.05, 0.1) is 0 Å². The molecule has 1 aromatic carbocycles. The number of amides is 1. The Hall–Kier alpha value is -1.72. The molecule has 1 heterocycles. The highest BCUT2D eigenvalue weighted by Gasteiger charge is 2.21. The van der Waals surface area contributed by atoms with Gasteiger partial charge in [0, 0.05) is 23.0 Å². The second-order valence-electron chi connectivity index (χ2n) is 5.39. The highest BCUT2D eigenvalue weighted by molar-refractivity contribution is 7.13. The fourth-order valence-corrected chi connectivity index (χ4v) is 2.63. The molecule has 5 heteroatoms. The fourth-order valence-electron chi connectivity index (χ4n) is 1.74. The number of hydrogen-bond donors (Lipinski definition) is 2. The molecule has 0 saturated heterocycles. The zero-order valence-corrected chi connectivity index (χ0v) is 12.8. The van der Waals surface area contributed by atoms with Crippen molar-refractivity contribution < 1.29 is 4.79 Å². The highest BCUT2D eigenvalue weighted by atomic mass is 32.1. The van der Waals surface area contributed by atoms with Crippen LogP contribution in [0.1, 0.15) is 29.9 Å². The van der Waals surface area contributed by atoms with Crippen LogP contribution in [0.5, 0.6) is 0 Å². The molecule has 0 aliphatic rings. The molecule has 0 radical (unpaired) electrons. The number of aromatic nitrogens is 1. The number of hydrogen-bond acceptors (Lipinski definition) is 4. The van der Waals surface area contributed by atoms with E-state index in [2.05, 4.69) is 10.3 Å². The van der Waals surface area contributed by atoms with Gasteiger partial charge < -0.3 is 11.1 Å². The van der Waals surface area contributed by atoms with Crippen molar-refractivity contribution in [2.75, 3.05) is 6.54 Å². The van der Waals surface area contributed by atoms with E-state index in [4.69, 9.17) is 5.73 Å². The van der Waals surface area contributed by atoms with Gasteiger partial charge in [0.2, 0.25) is 0 Å². The molecule has 1 aromatic heterocycles. The normalized spacial score (nSPS) is 11.4. The maximum atomic E-state index is 12.1. The first-order chi connectivity index (χ1) is 9.43. The van der Waals surface area contributed by atoms with Gasteiger partial charge in [0.1, 0.15) is 10.7 Å². The van der Waals surface area contributed by atoms with Crippen molar-refractivity contribution >= 4 is 17.2 Å². The lowest BCUT2D eigenvalue weighted by molar-refractivity contribution is 0.0911. The average Bonchev–Trinajstić information content (AvgIpc) is 2.88. The van der Waals surface area contributed by atoms with Crippen molar-refractivity contribution in [3.63, 3.8) is 0 Å². The number of rotatable bonds is 4. The number of nitrogens with two attached hydrogens (primary N) is 1. The zero-order valence-electron chi connectivity index (χ0n) is 11.9. The maximum absolute atomic E-state index is 12.1. The molecule has 0 spiro atoms. The molecule has 0 atom stereocenters. The largest absolute Gasteiger partial charge is 0.345 e. The lowest BCUT2D eigenvalue weighted by atomic mass is 10.1. The molecule has 20 heavy (non-hydrogen) atoms. The molecule has 0 aliphatic heterocycles. The molecule has 0 unspecified atom stereocenters. The van der Waals surface area contributed by atoms with Crippen LogP contribution in [0.25, 0.3) is 10.6 Å². The Kier molecular flexibility index (Phi) is 4.20. The van der Waals surface area contributed by atoms with Gasteiger partial charge in [0.15, 0.2) is 0 Å². The third-order valence-corrected chi connectivity index (χ3v) is 3.95. The van der Waals surface area contributed by atoms with Crippen LogP contribution in [0.4, 0.5) is 0 Å². The van der Waals surface area contributed by atoms with Gasteiger partial charge >= 0.3 is 0 Å². The van der Waals surface area contributed by atoms with Crippen molar-refractivity contribution in [1.82, 2.24) is 10.3 Å². The Labute approximate surface area is 123 Å². The molecule has 0 saturated carbocycles. The minimum Gasteiger partial charge on any atom is -0.345 e. The molecule has 0 bridgehead atoms. The second kappa shape index (κ2) is 5.73. The summed E-state index contributed by atoms with van der Waals surface area (Å²) in [4.78, 5) is 16.6. The molecule has 4 nitrogen and oxygen atoms in total. The first-order valence-corrected chi connectivity index (χ1v) is 7.35. The third-order valence-electron chi connectivity index (χ3n) is 3.07. The van der Waals surface area contributed by atoms with E-state index in [9.17, 15) is 4.79 Å². The van der Waals surface area contributed by atoms with E-state index in [1.54, 1.807) is 5.38 Å². The van der Waals surface area contributed by atoms with Gasteiger partial charge in [-0.05, 0) is 26.3 Å². The molecular formula is C15H19N3OS. The van der Waals surface area contributed by atoms with E-state index >= 15 is 0 Å². The van der Waals surface area contributed by atoms with Gasteiger partial charge in [0.25, 0.3) is 5.91 Å². The number of thiazole rings is 1. The summed E-state index contributed by atoms with van der Waals surface area (Å²) in [5, 5.41) is 5.52. The predicted molar refractivity (Wildman–Crippen MR) is 82.9 cm³/mol. The van der Waals surface area contributed by atoms with Crippen molar-refractivity contribution in [2.24, 2.45) is 5.73 Å². The average molecular weight is 289 g/mol. The van der Waals surface area contributed by atoms with Crippen LogP contribution in [0, 0.1) is 6.92 Å². The summed E-state index contributed by atoms with van der Waals surface area (Å²) in [6.07, 6.45) is 0. The lowest BCUT2D eigenvalue weighted by Gasteiger charge is -2.23. The van der Waals surface area contributed by atoms with E-state index in [1.165, 1.54) is 11.3 Å². The highest BCUT2D eigenvalue weighted by Crippen LogP contribution is 2.26. The quantitative estimate of drug-likeness (QED) is 0.909. The maximum Gasteiger partial charge on any atom is 0.271 e. The molecule has 106 valence electrons. The number of nitrogens with zero attached hydrogens (tertiary/aromatic N) is 1. The van der Waals surface area contributed by atoms with Crippen LogP contribution in [-0.4, -0.2) is 23.0 Å². The number of carbonyl (C=O) groups excluding carboxylic acids is 1. The van der Waals surface area contributed by atoms with E-state index < -0.39 is 5.54 Å². The standard InChI is InChI=1S/C15H19N3OS/c1-10-6-4-5-7-11(10)14-17-12(8-20-14)13(19)18-15(2,3)9-16/h4-8H,9,16H2,1-3H3,(H,18,19). The molecule has 2 aromatic rings. The summed E-state index contributed by atoms with van der Waals surface area (Å²) in [5.74, 6) is -0.184. The molecule has 0 aliphatic carbocycles. The summed E-state index contributed by atoms with van der Waals surface area (Å²) >= 11 is 1.48. The Bertz CT molecular complexity index is 619. The van der Waals surface area contributed by atoms with Crippen LogP contribution < -0.4 is 11.1 Å². The van der Waals surface area contributed by atoms with E-state index in [0.29, 0.717) is 12.2 Å². The van der Waals surface area contributed by atoms with Crippen molar-refractivity contribution in [3.8, 4) is 10.6 Å². The van der Waals surface area contributed by atoms with E-state index in [1.807, 2.05) is 45.0 Å². The zero-order chi connectivity index (χ0) is 14.8.